The summed E-state index contributed by atoms with van der Waals surface area (Å²) in [5.74, 6) is -0.125. The molecule has 3 nitrogen and oxygen atoms in total. The van der Waals surface area contributed by atoms with E-state index < -0.39 is 5.54 Å². The largest absolute Gasteiger partial charge is 0.334 e. The van der Waals surface area contributed by atoms with Crippen LogP contribution in [-0.4, -0.2) is 11.4 Å². The number of benzene rings is 1. The predicted molar refractivity (Wildman–Crippen MR) is 83.9 cm³/mol. The zero-order valence-electron chi connectivity index (χ0n) is 12.8. The van der Waals surface area contributed by atoms with E-state index in [1.54, 1.807) is 0 Å². The third kappa shape index (κ3) is 4.07. The molecule has 0 bridgehead atoms. The third-order valence-electron chi connectivity index (χ3n) is 4.40. The van der Waals surface area contributed by atoms with Crippen molar-refractivity contribution in [2.24, 2.45) is 0 Å². The van der Waals surface area contributed by atoms with Gasteiger partial charge in [-0.2, -0.15) is 5.26 Å². The Morgan fingerprint density at radius 2 is 1.71 bits per heavy atom. The summed E-state index contributed by atoms with van der Waals surface area (Å²) in [5, 5.41) is 12.6. The van der Waals surface area contributed by atoms with Crippen molar-refractivity contribution in [3.63, 3.8) is 0 Å². The molecule has 0 heterocycles. The van der Waals surface area contributed by atoms with Gasteiger partial charge in [-0.05, 0) is 37.0 Å². The van der Waals surface area contributed by atoms with Gasteiger partial charge in [-0.3, -0.25) is 4.79 Å². The lowest BCUT2D eigenvalue weighted by atomic mass is 9.85. The number of carbonyl (C=O) groups excluding carboxylic acids is 1. The van der Waals surface area contributed by atoms with Crippen LogP contribution < -0.4 is 5.32 Å². The normalized spacial score (nSPS) is 18.1. The lowest BCUT2D eigenvalue weighted by molar-refractivity contribution is 0.0907. The molecule has 0 atom stereocenters. The molecule has 0 aromatic heterocycles. The van der Waals surface area contributed by atoms with E-state index in [4.69, 9.17) is 0 Å². The second-order valence-electron chi connectivity index (χ2n) is 5.97. The molecule has 0 unspecified atom stereocenters. The number of nitrogens with one attached hydrogen (secondary N) is 1. The molecule has 1 saturated carbocycles. The smallest absolute Gasteiger partial charge is 0.252 e. The van der Waals surface area contributed by atoms with Gasteiger partial charge in [-0.25, -0.2) is 0 Å². The molecular formula is C18H24N2O. The Hall–Kier alpha value is -1.82. The van der Waals surface area contributed by atoms with E-state index >= 15 is 0 Å². The first-order valence-corrected chi connectivity index (χ1v) is 8.02. The highest BCUT2D eigenvalue weighted by atomic mass is 16.1. The SMILES string of the molecule is CCc1ccc(C(=O)NC2(C#N)CCCCCCC2)cc1. The molecule has 1 amide bonds. The number of carbonyl (C=O) groups is 1. The van der Waals surface area contributed by atoms with Crippen LogP contribution in [0.15, 0.2) is 24.3 Å². The van der Waals surface area contributed by atoms with Crippen LogP contribution in [-0.2, 0) is 6.42 Å². The zero-order valence-corrected chi connectivity index (χ0v) is 12.8. The second-order valence-corrected chi connectivity index (χ2v) is 5.97. The van der Waals surface area contributed by atoms with E-state index in [-0.39, 0.29) is 5.91 Å². The van der Waals surface area contributed by atoms with Gasteiger partial charge in [-0.15, -0.1) is 0 Å². The van der Waals surface area contributed by atoms with Crippen molar-refractivity contribution in [3.8, 4) is 6.07 Å². The van der Waals surface area contributed by atoms with Gasteiger partial charge in [0, 0.05) is 5.56 Å². The monoisotopic (exact) mass is 284 g/mol. The second kappa shape index (κ2) is 7.26. The number of aryl methyl sites for hydroxylation is 1. The third-order valence-corrected chi connectivity index (χ3v) is 4.40. The molecule has 1 aliphatic carbocycles. The molecule has 2 rings (SSSR count). The van der Waals surface area contributed by atoms with Crippen molar-refractivity contribution < 1.29 is 4.79 Å². The zero-order chi connectivity index (χ0) is 15.1. The molecule has 1 fully saturated rings. The number of nitrogens with zero attached hydrogens (tertiary/aromatic N) is 1. The fourth-order valence-corrected chi connectivity index (χ4v) is 2.95. The minimum atomic E-state index is -0.680. The Labute approximate surface area is 127 Å². The first-order valence-electron chi connectivity index (χ1n) is 8.02. The molecule has 112 valence electrons. The maximum Gasteiger partial charge on any atom is 0.252 e. The van der Waals surface area contributed by atoms with Crippen molar-refractivity contribution in [1.82, 2.24) is 5.32 Å². The molecular weight excluding hydrogens is 260 g/mol. The number of amides is 1. The summed E-state index contributed by atoms with van der Waals surface area (Å²) in [6, 6.07) is 10.0. The Morgan fingerprint density at radius 1 is 1.14 bits per heavy atom. The standard InChI is InChI=1S/C18H24N2O/c1-2-15-8-10-16(11-9-15)17(21)20-18(14-19)12-6-4-3-5-7-13-18/h8-11H,2-7,12-13H2,1H3,(H,20,21). The van der Waals surface area contributed by atoms with Crippen molar-refractivity contribution in [1.29, 1.82) is 5.26 Å². The van der Waals surface area contributed by atoms with Gasteiger partial charge in [0.05, 0.1) is 6.07 Å². The van der Waals surface area contributed by atoms with E-state index in [2.05, 4.69) is 18.3 Å². The van der Waals surface area contributed by atoms with Gasteiger partial charge in [0.2, 0.25) is 0 Å². The van der Waals surface area contributed by atoms with Crippen LogP contribution in [0.1, 0.15) is 67.8 Å². The Balaban J connectivity index is 2.08. The highest BCUT2D eigenvalue weighted by molar-refractivity contribution is 5.95. The minimum absolute atomic E-state index is 0.125. The quantitative estimate of drug-likeness (QED) is 0.912. The molecule has 1 aliphatic rings. The maximum atomic E-state index is 12.4. The summed E-state index contributed by atoms with van der Waals surface area (Å²) >= 11 is 0. The molecule has 0 radical (unpaired) electrons. The number of hydrogen-bond acceptors (Lipinski definition) is 2. The van der Waals surface area contributed by atoms with Gasteiger partial charge in [0.1, 0.15) is 5.54 Å². The average molecular weight is 284 g/mol. The lowest BCUT2D eigenvalue weighted by Gasteiger charge is -2.29. The summed E-state index contributed by atoms with van der Waals surface area (Å²) < 4.78 is 0. The fourth-order valence-electron chi connectivity index (χ4n) is 2.95. The van der Waals surface area contributed by atoms with Crippen molar-refractivity contribution in [2.75, 3.05) is 0 Å². The van der Waals surface area contributed by atoms with E-state index in [0.29, 0.717) is 5.56 Å². The number of nitriles is 1. The summed E-state index contributed by atoms with van der Waals surface area (Å²) in [4.78, 5) is 12.4. The van der Waals surface area contributed by atoms with Gasteiger partial charge >= 0.3 is 0 Å². The molecule has 21 heavy (non-hydrogen) atoms. The number of rotatable bonds is 3. The van der Waals surface area contributed by atoms with E-state index in [0.717, 1.165) is 44.9 Å². The van der Waals surface area contributed by atoms with Crippen LogP contribution in [0.25, 0.3) is 0 Å². The highest BCUT2D eigenvalue weighted by Crippen LogP contribution is 2.26. The highest BCUT2D eigenvalue weighted by Gasteiger charge is 2.32. The first-order chi connectivity index (χ1) is 10.2. The molecule has 1 aromatic rings. The Bertz CT molecular complexity index is 505. The van der Waals surface area contributed by atoms with E-state index in [1.165, 1.54) is 12.0 Å². The summed E-state index contributed by atoms with van der Waals surface area (Å²) in [6.45, 7) is 2.09. The van der Waals surface area contributed by atoms with Gasteiger partial charge in [-0.1, -0.05) is 51.2 Å². The fraction of sp³-hybridized carbons (Fsp3) is 0.556. The summed E-state index contributed by atoms with van der Waals surface area (Å²) in [5.41, 5.74) is 1.18. The molecule has 1 aromatic carbocycles. The van der Waals surface area contributed by atoms with Crippen LogP contribution in [0.2, 0.25) is 0 Å². The molecule has 0 aliphatic heterocycles. The minimum Gasteiger partial charge on any atom is -0.334 e. The van der Waals surface area contributed by atoms with Crippen molar-refractivity contribution in [2.45, 2.75) is 63.8 Å². The first kappa shape index (κ1) is 15.6. The van der Waals surface area contributed by atoms with Crippen molar-refractivity contribution >= 4 is 5.91 Å². The molecule has 0 spiro atoms. The average Bonchev–Trinajstić information content (AvgIpc) is 2.50. The topological polar surface area (TPSA) is 52.9 Å². The number of hydrogen-bond donors (Lipinski definition) is 1. The van der Waals surface area contributed by atoms with Crippen LogP contribution in [0, 0.1) is 11.3 Å². The molecule has 1 N–H and O–H groups in total. The van der Waals surface area contributed by atoms with Crippen LogP contribution in [0.3, 0.4) is 0 Å². The van der Waals surface area contributed by atoms with Gasteiger partial charge in [0.25, 0.3) is 5.91 Å². The van der Waals surface area contributed by atoms with Gasteiger partial charge < -0.3 is 5.32 Å². The predicted octanol–water partition coefficient (Wildman–Crippen LogP) is 3.99. The lowest BCUT2D eigenvalue weighted by Crippen LogP contribution is -2.47. The Morgan fingerprint density at radius 3 is 2.24 bits per heavy atom. The van der Waals surface area contributed by atoms with Crippen LogP contribution in [0.5, 0.6) is 0 Å². The molecule has 0 saturated heterocycles. The van der Waals surface area contributed by atoms with E-state index in [1.807, 2.05) is 24.3 Å². The van der Waals surface area contributed by atoms with E-state index in [9.17, 15) is 10.1 Å². The van der Waals surface area contributed by atoms with Gasteiger partial charge in [0.15, 0.2) is 0 Å². The maximum absolute atomic E-state index is 12.4. The summed E-state index contributed by atoms with van der Waals surface area (Å²) in [7, 11) is 0. The Kier molecular flexibility index (Phi) is 5.38. The molecule has 3 heteroatoms. The van der Waals surface area contributed by atoms with Crippen molar-refractivity contribution in [3.05, 3.63) is 35.4 Å². The summed E-state index contributed by atoms with van der Waals surface area (Å²) in [6.07, 6.45) is 8.09. The van der Waals surface area contributed by atoms with Crippen LogP contribution in [0.4, 0.5) is 0 Å². The van der Waals surface area contributed by atoms with Crippen LogP contribution >= 0.6 is 0 Å².